The van der Waals surface area contributed by atoms with Crippen LogP contribution in [0.2, 0.25) is 0 Å². The minimum atomic E-state index is -0.435. The molecule has 2 rings (SSSR count). The summed E-state index contributed by atoms with van der Waals surface area (Å²) in [6.07, 6.45) is 2.05. The lowest BCUT2D eigenvalue weighted by molar-refractivity contribution is -0.129. The summed E-state index contributed by atoms with van der Waals surface area (Å²) in [6.45, 7) is 2.50. The largest absolute Gasteiger partial charge is 0.355 e. The second-order valence-electron chi connectivity index (χ2n) is 5.47. The third kappa shape index (κ3) is 6.44. The fourth-order valence-corrected chi connectivity index (χ4v) is 2.07. The molecule has 2 aromatic carbocycles. The van der Waals surface area contributed by atoms with Crippen LogP contribution in [0.5, 0.6) is 0 Å². The van der Waals surface area contributed by atoms with Gasteiger partial charge in [0.25, 0.3) is 0 Å². The molecule has 24 heavy (non-hydrogen) atoms. The number of nitrogens with one attached hydrogen (secondary N) is 2. The van der Waals surface area contributed by atoms with Crippen molar-refractivity contribution in [1.29, 1.82) is 0 Å². The van der Waals surface area contributed by atoms with Gasteiger partial charge in [0.15, 0.2) is 0 Å². The third-order valence-corrected chi connectivity index (χ3v) is 3.38. The number of aryl methyl sites for hydroxylation is 1. The Labute approximate surface area is 141 Å². The molecule has 2 aromatic rings. The molecule has 0 heterocycles. The van der Waals surface area contributed by atoms with E-state index < -0.39 is 5.91 Å². The summed E-state index contributed by atoms with van der Waals surface area (Å²) in [7, 11) is 0. The number of hydrogen-bond acceptors (Lipinski definition) is 3. The van der Waals surface area contributed by atoms with Gasteiger partial charge in [-0.1, -0.05) is 60.2 Å². The molecule has 2 N–H and O–H groups in total. The van der Waals surface area contributed by atoms with Crippen LogP contribution in [0.3, 0.4) is 0 Å². The first-order valence-electron chi connectivity index (χ1n) is 7.82. The van der Waals surface area contributed by atoms with Crippen molar-refractivity contribution in [3.8, 4) is 0 Å². The summed E-state index contributed by atoms with van der Waals surface area (Å²) in [4.78, 5) is 23.3. The van der Waals surface area contributed by atoms with E-state index >= 15 is 0 Å². The van der Waals surface area contributed by atoms with E-state index in [1.165, 1.54) is 0 Å². The first kappa shape index (κ1) is 17.4. The van der Waals surface area contributed by atoms with Gasteiger partial charge in [-0.2, -0.15) is 5.10 Å². The Morgan fingerprint density at radius 2 is 1.71 bits per heavy atom. The number of nitrogens with zero attached hydrogens (tertiary/aromatic N) is 1. The van der Waals surface area contributed by atoms with Crippen molar-refractivity contribution in [1.82, 2.24) is 10.7 Å². The van der Waals surface area contributed by atoms with Gasteiger partial charge < -0.3 is 5.32 Å². The molecule has 5 nitrogen and oxygen atoms in total. The summed E-state index contributed by atoms with van der Waals surface area (Å²) >= 11 is 0. The number of hydrazone groups is 1. The van der Waals surface area contributed by atoms with Crippen LogP contribution in [0, 0.1) is 6.92 Å². The minimum Gasteiger partial charge on any atom is -0.355 e. The molecule has 0 aromatic heterocycles. The van der Waals surface area contributed by atoms with E-state index in [0.717, 1.165) is 23.1 Å². The van der Waals surface area contributed by atoms with Gasteiger partial charge in [-0.15, -0.1) is 0 Å². The van der Waals surface area contributed by atoms with Crippen LogP contribution in [0.1, 0.15) is 23.1 Å². The van der Waals surface area contributed by atoms with Crippen LogP contribution in [0.4, 0.5) is 0 Å². The predicted octanol–water partition coefficient (Wildman–Crippen LogP) is 2.19. The number of rotatable bonds is 7. The first-order chi connectivity index (χ1) is 11.6. The van der Waals surface area contributed by atoms with E-state index in [0.29, 0.717) is 6.54 Å². The number of hydrogen-bond donors (Lipinski definition) is 2. The van der Waals surface area contributed by atoms with E-state index in [1.807, 2.05) is 61.5 Å². The molecule has 0 bridgehead atoms. The minimum absolute atomic E-state index is 0.236. The molecule has 0 radical (unpaired) electrons. The maximum absolute atomic E-state index is 11.7. The maximum Gasteiger partial charge on any atom is 0.249 e. The van der Waals surface area contributed by atoms with Gasteiger partial charge in [0.2, 0.25) is 11.8 Å². The Bertz CT molecular complexity index is 694. The molecule has 0 aliphatic carbocycles. The Balaban J connectivity index is 1.66. The van der Waals surface area contributed by atoms with Crippen LogP contribution in [0.25, 0.3) is 0 Å². The molecule has 5 heteroatoms. The van der Waals surface area contributed by atoms with Crippen molar-refractivity contribution in [2.75, 3.05) is 6.54 Å². The van der Waals surface area contributed by atoms with Crippen molar-refractivity contribution in [2.45, 2.75) is 19.8 Å². The quantitative estimate of drug-likeness (QED) is 0.466. The van der Waals surface area contributed by atoms with Crippen molar-refractivity contribution < 1.29 is 9.59 Å². The lowest BCUT2D eigenvalue weighted by Crippen LogP contribution is -2.31. The van der Waals surface area contributed by atoms with Gasteiger partial charge in [0.05, 0.1) is 6.21 Å². The van der Waals surface area contributed by atoms with Gasteiger partial charge in [0, 0.05) is 6.54 Å². The SMILES string of the molecule is Cc1ccc(C=NNC(=O)CC(=O)NCCc2ccccc2)cc1. The number of carbonyl (C=O) groups is 2. The summed E-state index contributed by atoms with van der Waals surface area (Å²) in [6, 6.07) is 17.6. The Morgan fingerprint density at radius 1 is 1.00 bits per heavy atom. The Hall–Kier alpha value is -2.95. The van der Waals surface area contributed by atoms with Gasteiger partial charge in [0.1, 0.15) is 6.42 Å². The molecule has 0 spiro atoms. The monoisotopic (exact) mass is 323 g/mol. The lowest BCUT2D eigenvalue weighted by atomic mass is 10.1. The summed E-state index contributed by atoms with van der Waals surface area (Å²) in [5, 5.41) is 6.57. The second-order valence-corrected chi connectivity index (χ2v) is 5.47. The Kier molecular flexibility index (Phi) is 6.71. The number of benzene rings is 2. The molecular weight excluding hydrogens is 302 g/mol. The standard InChI is InChI=1S/C19H21N3O2/c1-15-7-9-17(10-8-15)14-21-22-19(24)13-18(23)20-12-11-16-5-3-2-4-6-16/h2-10,14H,11-13H2,1H3,(H,20,23)(H,22,24). The Morgan fingerprint density at radius 3 is 2.42 bits per heavy atom. The molecule has 0 fully saturated rings. The average molecular weight is 323 g/mol. The van der Waals surface area contributed by atoms with Crippen molar-refractivity contribution in [2.24, 2.45) is 5.10 Å². The summed E-state index contributed by atoms with van der Waals surface area (Å²) in [5.74, 6) is -0.746. The molecule has 0 unspecified atom stereocenters. The van der Waals surface area contributed by atoms with E-state index in [4.69, 9.17) is 0 Å². The van der Waals surface area contributed by atoms with Crippen molar-refractivity contribution in [3.63, 3.8) is 0 Å². The molecule has 2 amide bonds. The van der Waals surface area contributed by atoms with E-state index in [9.17, 15) is 9.59 Å². The molecule has 0 aliphatic rings. The first-order valence-corrected chi connectivity index (χ1v) is 7.82. The highest BCUT2D eigenvalue weighted by Gasteiger charge is 2.07. The molecule has 0 aliphatic heterocycles. The summed E-state index contributed by atoms with van der Waals surface area (Å²) in [5.41, 5.74) is 5.54. The fourth-order valence-electron chi connectivity index (χ4n) is 2.07. The van der Waals surface area contributed by atoms with Gasteiger partial charge in [-0.05, 0) is 24.5 Å². The number of carbonyl (C=O) groups excluding carboxylic acids is 2. The third-order valence-electron chi connectivity index (χ3n) is 3.38. The average Bonchev–Trinajstić information content (AvgIpc) is 2.57. The van der Waals surface area contributed by atoms with Crippen LogP contribution in [-0.2, 0) is 16.0 Å². The zero-order valence-electron chi connectivity index (χ0n) is 13.7. The molecule has 124 valence electrons. The van der Waals surface area contributed by atoms with Gasteiger partial charge in [-0.25, -0.2) is 5.43 Å². The fraction of sp³-hybridized carbons (Fsp3) is 0.211. The van der Waals surface area contributed by atoms with Crippen LogP contribution in [-0.4, -0.2) is 24.6 Å². The lowest BCUT2D eigenvalue weighted by Gasteiger charge is -2.04. The van der Waals surface area contributed by atoms with E-state index in [2.05, 4.69) is 15.8 Å². The molecule has 0 saturated carbocycles. The van der Waals surface area contributed by atoms with Crippen LogP contribution in [0.15, 0.2) is 59.7 Å². The topological polar surface area (TPSA) is 70.6 Å². The highest BCUT2D eigenvalue weighted by atomic mass is 16.2. The smallest absolute Gasteiger partial charge is 0.249 e. The van der Waals surface area contributed by atoms with Crippen LogP contribution < -0.4 is 10.7 Å². The van der Waals surface area contributed by atoms with Crippen molar-refractivity contribution >= 4 is 18.0 Å². The summed E-state index contributed by atoms with van der Waals surface area (Å²) < 4.78 is 0. The normalized spacial score (nSPS) is 10.5. The molecular formula is C19H21N3O2. The maximum atomic E-state index is 11.7. The molecule has 0 atom stereocenters. The highest BCUT2D eigenvalue weighted by molar-refractivity contribution is 5.97. The van der Waals surface area contributed by atoms with E-state index in [1.54, 1.807) is 6.21 Å². The van der Waals surface area contributed by atoms with Crippen LogP contribution >= 0.6 is 0 Å². The highest BCUT2D eigenvalue weighted by Crippen LogP contribution is 2.00. The van der Waals surface area contributed by atoms with Gasteiger partial charge >= 0.3 is 0 Å². The number of amides is 2. The van der Waals surface area contributed by atoms with Crippen molar-refractivity contribution in [3.05, 3.63) is 71.3 Å². The second kappa shape index (κ2) is 9.25. The predicted molar refractivity (Wildman–Crippen MR) is 94.7 cm³/mol. The zero-order valence-corrected chi connectivity index (χ0v) is 13.7. The zero-order chi connectivity index (χ0) is 17.2. The van der Waals surface area contributed by atoms with Gasteiger partial charge in [-0.3, -0.25) is 9.59 Å². The molecule has 0 saturated heterocycles. The van der Waals surface area contributed by atoms with E-state index in [-0.39, 0.29) is 12.3 Å².